The largest absolute Gasteiger partial charge is 0.271 e. The van der Waals surface area contributed by atoms with Crippen LogP contribution in [0.3, 0.4) is 0 Å². The van der Waals surface area contributed by atoms with Gasteiger partial charge in [-0.3, -0.25) is 11.3 Å². The zero-order valence-electron chi connectivity index (χ0n) is 8.95. The van der Waals surface area contributed by atoms with Crippen LogP contribution < -0.4 is 11.3 Å². The van der Waals surface area contributed by atoms with E-state index in [0.717, 1.165) is 0 Å². The van der Waals surface area contributed by atoms with Crippen LogP contribution in [0.4, 0.5) is 0 Å². The Bertz CT molecular complexity index is 254. The second-order valence-electron chi connectivity index (χ2n) is 4.38. The summed E-state index contributed by atoms with van der Waals surface area (Å²) in [5, 5.41) is 0. The van der Waals surface area contributed by atoms with Gasteiger partial charge in [0.2, 0.25) is 0 Å². The van der Waals surface area contributed by atoms with E-state index in [2.05, 4.69) is 38.3 Å². The lowest BCUT2D eigenvalue weighted by molar-refractivity contribution is 0.275. The summed E-state index contributed by atoms with van der Waals surface area (Å²) in [4.78, 5) is 0. The maximum Gasteiger partial charge on any atom is 0.0508 e. The molecule has 1 rings (SSSR count). The van der Waals surface area contributed by atoms with Gasteiger partial charge in [-0.25, -0.2) is 0 Å². The van der Waals surface area contributed by atoms with Crippen LogP contribution in [-0.2, 0) is 0 Å². The van der Waals surface area contributed by atoms with E-state index in [-0.39, 0.29) is 23.9 Å². The van der Waals surface area contributed by atoms with Crippen molar-refractivity contribution in [1.29, 1.82) is 0 Å². The highest BCUT2D eigenvalue weighted by Gasteiger charge is 2.24. The second-order valence-corrected chi connectivity index (χ2v) is 4.38. The minimum absolute atomic E-state index is 0. The Morgan fingerprint density at radius 2 is 1.64 bits per heavy atom. The quantitative estimate of drug-likeness (QED) is 0.587. The van der Waals surface area contributed by atoms with Gasteiger partial charge in [-0.05, 0) is 11.0 Å². The molecule has 0 aliphatic carbocycles. The summed E-state index contributed by atoms with van der Waals surface area (Å²) >= 11 is 0. The number of halogens is 1. The lowest BCUT2D eigenvalue weighted by Gasteiger charge is -2.30. The molecule has 0 fully saturated rings. The van der Waals surface area contributed by atoms with Crippen molar-refractivity contribution in [2.75, 3.05) is 0 Å². The Balaban J connectivity index is 0.00000169. The molecule has 2 nitrogen and oxygen atoms in total. The highest BCUT2D eigenvalue weighted by Crippen LogP contribution is 2.31. The highest BCUT2D eigenvalue weighted by molar-refractivity contribution is 5.85. The first-order chi connectivity index (χ1) is 6.05. The Morgan fingerprint density at radius 3 is 2.00 bits per heavy atom. The highest BCUT2D eigenvalue weighted by atomic mass is 35.5. The van der Waals surface area contributed by atoms with E-state index in [4.69, 9.17) is 5.84 Å². The zero-order chi connectivity index (χ0) is 9.90. The van der Waals surface area contributed by atoms with Gasteiger partial charge < -0.3 is 0 Å². The molecule has 1 unspecified atom stereocenters. The van der Waals surface area contributed by atoms with Crippen molar-refractivity contribution in [3.63, 3.8) is 0 Å². The SMILES string of the molecule is CC(C)(C)C(NN)c1ccccc1.Cl. The lowest BCUT2D eigenvalue weighted by atomic mass is 9.83. The predicted octanol–water partition coefficient (Wildman–Crippen LogP) is 2.66. The molecule has 14 heavy (non-hydrogen) atoms. The van der Waals surface area contributed by atoms with Gasteiger partial charge in [0.15, 0.2) is 0 Å². The summed E-state index contributed by atoms with van der Waals surface area (Å²) in [6.07, 6.45) is 0. The predicted molar refractivity (Wildman–Crippen MR) is 63.2 cm³/mol. The van der Waals surface area contributed by atoms with Crippen molar-refractivity contribution in [2.45, 2.75) is 26.8 Å². The van der Waals surface area contributed by atoms with Crippen molar-refractivity contribution in [2.24, 2.45) is 11.3 Å². The van der Waals surface area contributed by atoms with Crippen LogP contribution in [0.15, 0.2) is 30.3 Å². The number of hydrogen-bond donors (Lipinski definition) is 2. The molecule has 3 N–H and O–H groups in total. The molecule has 0 saturated heterocycles. The monoisotopic (exact) mass is 214 g/mol. The number of nitrogens with one attached hydrogen (secondary N) is 1. The molecule has 0 aliphatic rings. The van der Waals surface area contributed by atoms with Crippen LogP contribution in [0.2, 0.25) is 0 Å². The van der Waals surface area contributed by atoms with Gasteiger partial charge in [0.1, 0.15) is 0 Å². The molecule has 80 valence electrons. The summed E-state index contributed by atoms with van der Waals surface area (Å²) in [6, 6.07) is 10.5. The normalized spacial score (nSPS) is 13.1. The van der Waals surface area contributed by atoms with E-state index < -0.39 is 0 Å². The molecular formula is C11H19ClN2. The molecule has 1 aromatic rings. The Hall–Kier alpha value is -0.570. The summed E-state index contributed by atoms with van der Waals surface area (Å²) in [7, 11) is 0. The third kappa shape index (κ3) is 3.29. The molecule has 0 aromatic heterocycles. The van der Waals surface area contributed by atoms with Crippen LogP contribution in [0.25, 0.3) is 0 Å². The maximum atomic E-state index is 5.54. The first kappa shape index (κ1) is 13.4. The van der Waals surface area contributed by atoms with Crippen LogP contribution in [0.1, 0.15) is 32.4 Å². The third-order valence-corrected chi connectivity index (χ3v) is 2.17. The van der Waals surface area contributed by atoms with Gasteiger partial charge >= 0.3 is 0 Å². The number of rotatable bonds is 2. The lowest BCUT2D eigenvalue weighted by Crippen LogP contribution is -2.36. The minimum atomic E-state index is 0. The molecule has 0 amide bonds. The second kappa shape index (κ2) is 5.35. The molecule has 0 heterocycles. The Morgan fingerprint density at radius 1 is 1.14 bits per heavy atom. The van der Waals surface area contributed by atoms with E-state index in [1.165, 1.54) is 5.56 Å². The minimum Gasteiger partial charge on any atom is -0.271 e. The van der Waals surface area contributed by atoms with Crippen LogP contribution in [0, 0.1) is 5.41 Å². The fourth-order valence-electron chi connectivity index (χ4n) is 1.49. The Kier molecular flexibility index (Phi) is 5.13. The fraction of sp³-hybridized carbons (Fsp3) is 0.455. The molecule has 3 heteroatoms. The molecule has 0 saturated carbocycles. The van der Waals surface area contributed by atoms with Crippen LogP contribution >= 0.6 is 12.4 Å². The Labute approximate surface area is 92.3 Å². The summed E-state index contributed by atoms with van der Waals surface area (Å²) in [5.74, 6) is 5.54. The zero-order valence-corrected chi connectivity index (χ0v) is 9.77. The van der Waals surface area contributed by atoms with E-state index in [1.807, 2.05) is 18.2 Å². The average molecular weight is 215 g/mol. The third-order valence-electron chi connectivity index (χ3n) is 2.17. The van der Waals surface area contributed by atoms with Gasteiger partial charge in [-0.15, -0.1) is 12.4 Å². The van der Waals surface area contributed by atoms with Gasteiger partial charge in [0.05, 0.1) is 6.04 Å². The first-order valence-electron chi connectivity index (χ1n) is 4.57. The van der Waals surface area contributed by atoms with E-state index in [1.54, 1.807) is 0 Å². The van der Waals surface area contributed by atoms with Crippen molar-refractivity contribution in [1.82, 2.24) is 5.43 Å². The van der Waals surface area contributed by atoms with Crippen molar-refractivity contribution in [3.05, 3.63) is 35.9 Å². The van der Waals surface area contributed by atoms with Gasteiger partial charge in [0, 0.05) is 0 Å². The van der Waals surface area contributed by atoms with E-state index in [9.17, 15) is 0 Å². The fourth-order valence-corrected chi connectivity index (χ4v) is 1.49. The maximum absolute atomic E-state index is 5.54. The van der Waals surface area contributed by atoms with E-state index >= 15 is 0 Å². The summed E-state index contributed by atoms with van der Waals surface area (Å²) in [6.45, 7) is 6.51. The van der Waals surface area contributed by atoms with Crippen LogP contribution in [-0.4, -0.2) is 0 Å². The van der Waals surface area contributed by atoms with E-state index in [0.29, 0.717) is 0 Å². The van der Waals surface area contributed by atoms with Crippen molar-refractivity contribution in [3.8, 4) is 0 Å². The molecule has 0 radical (unpaired) electrons. The number of nitrogens with two attached hydrogens (primary N) is 1. The number of benzene rings is 1. The smallest absolute Gasteiger partial charge is 0.0508 e. The standard InChI is InChI=1S/C11H18N2.ClH/c1-11(2,3)10(13-12)9-7-5-4-6-8-9;/h4-8,10,13H,12H2,1-3H3;1H. The van der Waals surface area contributed by atoms with Gasteiger partial charge in [0.25, 0.3) is 0 Å². The number of hydrogen-bond acceptors (Lipinski definition) is 2. The average Bonchev–Trinajstić information content (AvgIpc) is 2.05. The van der Waals surface area contributed by atoms with Crippen molar-refractivity contribution < 1.29 is 0 Å². The van der Waals surface area contributed by atoms with Gasteiger partial charge in [-0.2, -0.15) is 0 Å². The topological polar surface area (TPSA) is 38.0 Å². The summed E-state index contributed by atoms with van der Waals surface area (Å²) in [5.41, 5.74) is 4.23. The molecule has 1 aromatic carbocycles. The molecule has 0 spiro atoms. The van der Waals surface area contributed by atoms with Crippen molar-refractivity contribution >= 4 is 12.4 Å². The molecule has 0 aliphatic heterocycles. The number of hydrazine groups is 1. The molecule has 0 bridgehead atoms. The molecular weight excluding hydrogens is 196 g/mol. The summed E-state index contributed by atoms with van der Waals surface area (Å²) < 4.78 is 0. The van der Waals surface area contributed by atoms with Crippen LogP contribution in [0.5, 0.6) is 0 Å². The van der Waals surface area contributed by atoms with Gasteiger partial charge in [-0.1, -0.05) is 51.1 Å². The first-order valence-corrected chi connectivity index (χ1v) is 4.57. The molecule has 1 atom stereocenters.